The van der Waals surface area contributed by atoms with Crippen LogP contribution in [0.2, 0.25) is 0 Å². The number of aliphatic hydroxyl groups is 1. The van der Waals surface area contributed by atoms with Crippen LogP contribution in [-0.2, 0) is 33.9 Å². The van der Waals surface area contributed by atoms with E-state index in [9.17, 15) is 23.9 Å². The van der Waals surface area contributed by atoms with Crippen molar-refractivity contribution in [2.45, 2.75) is 64.4 Å². The Hall–Kier alpha value is -3.63. The Morgan fingerprint density at radius 3 is 2.83 bits per heavy atom. The average Bonchev–Trinajstić information content (AvgIpc) is 3.21. The summed E-state index contributed by atoms with van der Waals surface area (Å²) >= 11 is 0. The van der Waals surface area contributed by atoms with Crippen LogP contribution >= 0.6 is 0 Å². The van der Waals surface area contributed by atoms with Gasteiger partial charge in [-0.05, 0) is 54.5 Å². The molecule has 0 fully saturated rings. The van der Waals surface area contributed by atoms with Crippen molar-refractivity contribution in [3.63, 3.8) is 0 Å². The molecule has 0 saturated heterocycles. The lowest BCUT2D eigenvalue weighted by atomic mass is 9.81. The Labute approximate surface area is 205 Å². The van der Waals surface area contributed by atoms with Gasteiger partial charge in [0.05, 0.1) is 41.0 Å². The molecule has 4 N–H and O–H groups in total. The molecular formula is C26H25FN4O5. The molecule has 0 saturated carbocycles. The van der Waals surface area contributed by atoms with Crippen molar-refractivity contribution in [3.8, 4) is 11.4 Å². The molecule has 36 heavy (non-hydrogen) atoms. The molecule has 1 amide bonds. The maximum Gasteiger partial charge on any atom is 0.313 e. The van der Waals surface area contributed by atoms with Crippen molar-refractivity contribution < 1.29 is 23.8 Å². The number of aryl methyl sites for hydroxylation is 1. The molecule has 4 heterocycles. The van der Waals surface area contributed by atoms with Crippen molar-refractivity contribution in [1.29, 1.82) is 0 Å². The monoisotopic (exact) mass is 492 g/mol. The standard InChI is InChI=1S/C26H25FN4O5/c1-3-11-13-6-19-22-14(8-31(19)25(34)15(13)9-36-26(11)35)21-17(30-24(33)23(28)32)5-4-12-10(2)16(27)7-18(29-22)20(12)21/h6-7,11,17,23,32H,3-5,8-9,28H2,1-2H3,(H,30,33)/t11-,17+,23-/m1/s1. The number of esters is 1. The van der Waals surface area contributed by atoms with Crippen LogP contribution in [-0.4, -0.2) is 32.8 Å². The van der Waals surface area contributed by atoms with Crippen LogP contribution < -0.4 is 16.6 Å². The Bertz CT molecular complexity index is 1560. The number of carbonyl (C=O) groups is 2. The first-order valence-corrected chi connectivity index (χ1v) is 12.0. The summed E-state index contributed by atoms with van der Waals surface area (Å²) in [4.78, 5) is 43.1. The molecule has 0 radical (unpaired) electrons. The lowest BCUT2D eigenvalue weighted by Gasteiger charge is -2.30. The smallest absolute Gasteiger partial charge is 0.313 e. The Morgan fingerprint density at radius 1 is 1.33 bits per heavy atom. The lowest BCUT2D eigenvalue weighted by Crippen LogP contribution is -2.43. The summed E-state index contributed by atoms with van der Waals surface area (Å²) in [6, 6.07) is 2.71. The zero-order valence-corrected chi connectivity index (χ0v) is 19.9. The fraction of sp³-hybridized carbons (Fsp3) is 0.385. The molecule has 2 aliphatic heterocycles. The van der Waals surface area contributed by atoms with Gasteiger partial charge >= 0.3 is 5.97 Å². The first-order chi connectivity index (χ1) is 17.2. The van der Waals surface area contributed by atoms with Gasteiger partial charge in [-0.3, -0.25) is 20.1 Å². The molecule has 10 heteroatoms. The number of halogens is 1. The predicted octanol–water partition coefficient (Wildman–Crippen LogP) is 1.80. The van der Waals surface area contributed by atoms with Crippen LogP contribution in [0.25, 0.3) is 22.3 Å². The predicted molar refractivity (Wildman–Crippen MR) is 127 cm³/mol. The molecule has 0 spiro atoms. The maximum absolute atomic E-state index is 14.9. The fourth-order valence-electron chi connectivity index (χ4n) is 5.98. The third-order valence-electron chi connectivity index (χ3n) is 7.78. The molecule has 186 valence electrons. The second kappa shape index (κ2) is 7.94. The van der Waals surface area contributed by atoms with E-state index in [0.29, 0.717) is 52.9 Å². The highest BCUT2D eigenvalue weighted by Gasteiger charge is 2.37. The van der Waals surface area contributed by atoms with Gasteiger partial charge in [-0.1, -0.05) is 6.92 Å². The largest absolute Gasteiger partial charge is 0.460 e. The average molecular weight is 493 g/mol. The summed E-state index contributed by atoms with van der Waals surface area (Å²) in [5.41, 5.74) is 10.6. The van der Waals surface area contributed by atoms with Crippen LogP contribution in [0, 0.1) is 12.7 Å². The van der Waals surface area contributed by atoms with E-state index in [1.54, 1.807) is 11.5 Å². The number of hydrogen-bond acceptors (Lipinski definition) is 7. The highest BCUT2D eigenvalue weighted by molar-refractivity contribution is 5.94. The van der Waals surface area contributed by atoms with Gasteiger partial charge in [0.15, 0.2) is 6.23 Å². The molecule has 1 aromatic carbocycles. The molecule has 2 aromatic heterocycles. The molecule has 9 nitrogen and oxygen atoms in total. The highest BCUT2D eigenvalue weighted by Crippen LogP contribution is 2.45. The summed E-state index contributed by atoms with van der Waals surface area (Å²) in [5.74, 6) is -1.99. The third kappa shape index (κ3) is 3.07. The molecule has 3 aromatic rings. The number of hydrogen-bond donors (Lipinski definition) is 3. The van der Waals surface area contributed by atoms with Crippen molar-refractivity contribution in [2.24, 2.45) is 5.73 Å². The van der Waals surface area contributed by atoms with Crippen molar-refractivity contribution >= 4 is 22.8 Å². The molecule has 3 aliphatic rings. The summed E-state index contributed by atoms with van der Waals surface area (Å²) in [6.07, 6.45) is -0.204. The summed E-state index contributed by atoms with van der Waals surface area (Å²) in [6.45, 7) is 3.72. The van der Waals surface area contributed by atoms with E-state index in [4.69, 9.17) is 15.5 Å². The van der Waals surface area contributed by atoms with Gasteiger partial charge < -0.3 is 19.7 Å². The topological polar surface area (TPSA) is 137 Å². The summed E-state index contributed by atoms with van der Waals surface area (Å²) in [7, 11) is 0. The number of carbonyl (C=O) groups excluding carboxylic acids is 2. The molecule has 1 aliphatic carbocycles. The zero-order chi connectivity index (χ0) is 25.5. The second-order valence-electron chi connectivity index (χ2n) is 9.68. The second-order valence-corrected chi connectivity index (χ2v) is 9.68. The van der Waals surface area contributed by atoms with Crippen LogP contribution in [0.1, 0.15) is 65.1 Å². The third-order valence-corrected chi connectivity index (χ3v) is 7.78. The number of pyridine rings is 2. The molecular weight excluding hydrogens is 467 g/mol. The number of nitrogens with one attached hydrogen (secondary N) is 1. The number of benzene rings is 1. The normalized spacial score (nSPS) is 20.4. The number of nitrogens with zero attached hydrogens (tertiary/aromatic N) is 2. The van der Waals surface area contributed by atoms with Gasteiger partial charge in [-0.2, -0.15) is 0 Å². The van der Waals surface area contributed by atoms with Gasteiger partial charge in [0.1, 0.15) is 12.4 Å². The van der Waals surface area contributed by atoms with Crippen LogP contribution in [0.15, 0.2) is 16.9 Å². The first kappa shape index (κ1) is 22.8. The lowest BCUT2D eigenvalue weighted by molar-refractivity contribution is -0.148. The minimum absolute atomic E-state index is 0.0794. The number of aliphatic hydroxyl groups excluding tert-OH is 1. The number of nitrogens with two attached hydrogens (primary N) is 1. The number of fused-ring (bicyclic) bond motifs is 5. The SMILES string of the molecule is CC[C@H]1C(=O)OCc2c1cc1n(c2=O)Cc2c-1nc1cc(F)c(C)c3c1c2[C@@H](NC(=O)[C@H](N)O)CC3. The minimum Gasteiger partial charge on any atom is -0.460 e. The van der Waals surface area contributed by atoms with Crippen molar-refractivity contribution in [3.05, 3.63) is 61.7 Å². The summed E-state index contributed by atoms with van der Waals surface area (Å²) in [5, 5.41) is 13.2. The Kier molecular flexibility index (Phi) is 5.03. The van der Waals surface area contributed by atoms with E-state index >= 15 is 0 Å². The van der Waals surface area contributed by atoms with Gasteiger partial charge in [0, 0.05) is 17.0 Å². The van der Waals surface area contributed by atoms with Crippen molar-refractivity contribution in [2.75, 3.05) is 0 Å². The van der Waals surface area contributed by atoms with Crippen LogP contribution in [0.4, 0.5) is 4.39 Å². The Morgan fingerprint density at radius 2 is 2.11 bits per heavy atom. The van der Waals surface area contributed by atoms with E-state index in [2.05, 4.69) is 5.32 Å². The Balaban J connectivity index is 1.63. The number of aromatic nitrogens is 2. The maximum atomic E-state index is 14.9. The van der Waals surface area contributed by atoms with Crippen LogP contribution in [0.3, 0.4) is 0 Å². The van der Waals surface area contributed by atoms with Crippen LogP contribution in [0.5, 0.6) is 0 Å². The van der Waals surface area contributed by atoms with E-state index in [0.717, 1.165) is 22.1 Å². The van der Waals surface area contributed by atoms with E-state index < -0.39 is 24.1 Å². The molecule has 3 atom stereocenters. The zero-order valence-electron chi connectivity index (χ0n) is 19.9. The molecule has 0 bridgehead atoms. The van der Waals surface area contributed by atoms with Crippen molar-refractivity contribution in [1.82, 2.24) is 14.9 Å². The number of ether oxygens (including phenoxy) is 1. The van der Waals surface area contributed by atoms with Gasteiger partial charge in [-0.15, -0.1) is 0 Å². The molecule has 0 unspecified atom stereocenters. The molecule has 6 rings (SSSR count). The van der Waals surface area contributed by atoms with E-state index in [-0.39, 0.29) is 30.5 Å². The van der Waals surface area contributed by atoms with Gasteiger partial charge in [-0.25, -0.2) is 9.37 Å². The number of cyclic esters (lactones) is 1. The fourth-order valence-corrected chi connectivity index (χ4v) is 5.98. The van der Waals surface area contributed by atoms with E-state index in [1.165, 1.54) is 6.07 Å². The highest BCUT2D eigenvalue weighted by atomic mass is 19.1. The minimum atomic E-state index is -1.68. The van der Waals surface area contributed by atoms with E-state index in [1.807, 2.05) is 13.0 Å². The first-order valence-electron chi connectivity index (χ1n) is 12.0. The number of amides is 1. The van der Waals surface area contributed by atoms with Gasteiger partial charge in [0.25, 0.3) is 11.5 Å². The number of rotatable bonds is 3. The quantitative estimate of drug-likeness (QED) is 0.293. The van der Waals surface area contributed by atoms with Gasteiger partial charge in [0.2, 0.25) is 0 Å². The summed E-state index contributed by atoms with van der Waals surface area (Å²) < 4.78 is 21.8.